The number of carbonyl (C=O) groups is 3. The van der Waals surface area contributed by atoms with Crippen LogP contribution < -0.4 is 5.32 Å². The summed E-state index contributed by atoms with van der Waals surface area (Å²) in [6.45, 7) is 21.3. The number of carboxylic acids is 1. The monoisotopic (exact) mass is 760 g/mol. The molecule has 1 aromatic carbocycles. The summed E-state index contributed by atoms with van der Waals surface area (Å²) >= 11 is 0. The Labute approximate surface area is 323 Å². The number of nitrogens with one attached hydrogen (secondary N) is 1. The highest BCUT2D eigenvalue weighted by Crippen LogP contribution is 2.77. The lowest BCUT2D eigenvalue weighted by atomic mass is 9.32. The van der Waals surface area contributed by atoms with Crippen molar-refractivity contribution in [2.75, 3.05) is 37.7 Å². The van der Waals surface area contributed by atoms with E-state index in [-0.39, 0.29) is 50.8 Å². The molecule has 4 saturated carbocycles. The first kappa shape index (κ1) is 39.5. The lowest BCUT2D eigenvalue weighted by Gasteiger charge is -2.72. The van der Waals surface area contributed by atoms with Gasteiger partial charge in [0.05, 0.1) is 17.1 Å². The summed E-state index contributed by atoms with van der Waals surface area (Å²) in [7, 11) is -2.93. The molecule has 9 atom stereocenters. The van der Waals surface area contributed by atoms with E-state index in [0.29, 0.717) is 55.9 Å². The Bertz CT molecular complexity index is 1840. The number of carboxylic acid groups (broad SMARTS) is 1. The van der Waals surface area contributed by atoms with Crippen molar-refractivity contribution >= 4 is 33.1 Å². The number of fused-ring (bicyclic) bond motifs is 7. The van der Waals surface area contributed by atoms with Crippen LogP contribution in [0.1, 0.15) is 122 Å². The SMILES string of the molecule is C=C(C)[C@@H]1CC[C@]2(C(=O)C(=O)NCCCN3CCS(=O)(=O)CC3)CC[C@]3(C)C(CCC4[C@@]5(C)CC=C(c6ccc(C(=O)O)cc6)C(C)(C)C5CC[C@]43C)C12. The molecule has 6 aliphatic rings. The Morgan fingerprint density at radius 3 is 2.22 bits per heavy atom. The highest BCUT2D eigenvalue weighted by molar-refractivity contribution is 7.91. The number of hydrogen-bond donors (Lipinski definition) is 2. The van der Waals surface area contributed by atoms with E-state index in [1.165, 1.54) is 5.57 Å². The lowest BCUT2D eigenvalue weighted by molar-refractivity contribution is -0.224. The van der Waals surface area contributed by atoms with Gasteiger partial charge in [-0.05, 0) is 152 Å². The zero-order valence-electron chi connectivity index (χ0n) is 33.6. The minimum atomic E-state index is -2.93. The van der Waals surface area contributed by atoms with Crippen LogP contribution in [0.25, 0.3) is 5.57 Å². The molecule has 296 valence electrons. The number of nitrogens with zero attached hydrogens (tertiary/aromatic N) is 1. The molecule has 9 heteroatoms. The maximum Gasteiger partial charge on any atom is 0.335 e. The van der Waals surface area contributed by atoms with Gasteiger partial charge in [-0.1, -0.05) is 65.0 Å². The van der Waals surface area contributed by atoms with Crippen molar-refractivity contribution in [3.63, 3.8) is 0 Å². The van der Waals surface area contributed by atoms with Crippen molar-refractivity contribution in [1.29, 1.82) is 0 Å². The molecular formula is C45H64N2O6S. The van der Waals surface area contributed by atoms with Crippen LogP contribution in [0.5, 0.6) is 0 Å². The predicted octanol–water partition coefficient (Wildman–Crippen LogP) is 7.84. The van der Waals surface area contributed by atoms with Crippen LogP contribution in [0.2, 0.25) is 0 Å². The van der Waals surface area contributed by atoms with E-state index in [2.05, 4.69) is 64.4 Å². The van der Waals surface area contributed by atoms with Gasteiger partial charge in [0.25, 0.3) is 5.91 Å². The number of allylic oxidation sites excluding steroid dienone is 3. The Morgan fingerprint density at radius 2 is 1.57 bits per heavy atom. The van der Waals surface area contributed by atoms with Crippen LogP contribution in [-0.2, 0) is 19.4 Å². The van der Waals surface area contributed by atoms with Gasteiger partial charge in [-0.25, -0.2) is 13.2 Å². The molecule has 5 aliphatic carbocycles. The molecule has 7 rings (SSSR count). The molecular weight excluding hydrogens is 697 g/mol. The second kappa shape index (κ2) is 13.7. The van der Waals surface area contributed by atoms with Crippen molar-refractivity contribution < 1.29 is 27.9 Å². The molecule has 0 aromatic heterocycles. The molecule has 0 radical (unpaired) electrons. The smallest absolute Gasteiger partial charge is 0.335 e. The Morgan fingerprint density at radius 1 is 0.889 bits per heavy atom. The number of hydrogen-bond acceptors (Lipinski definition) is 6. The van der Waals surface area contributed by atoms with Crippen molar-refractivity contribution in [3.05, 3.63) is 53.6 Å². The molecule has 1 aliphatic heterocycles. The van der Waals surface area contributed by atoms with E-state index < -0.39 is 27.1 Å². The Hall–Kier alpha value is -2.78. The van der Waals surface area contributed by atoms with E-state index in [1.54, 1.807) is 12.1 Å². The van der Waals surface area contributed by atoms with Crippen LogP contribution in [0.4, 0.5) is 0 Å². The quantitative estimate of drug-likeness (QED) is 0.150. The fourth-order valence-electron chi connectivity index (χ4n) is 14.2. The summed E-state index contributed by atoms with van der Waals surface area (Å²) in [6, 6.07) is 7.44. The topological polar surface area (TPSA) is 121 Å². The molecule has 0 bridgehead atoms. The van der Waals surface area contributed by atoms with Gasteiger partial charge in [0.2, 0.25) is 5.78 Å². The van der Waals surface area contributed by atoms with Gasteiger partial charge in [0.1, 0.15) is 0 Å². The predicted molar refractivity (Wildman–Crippen MR) is 213 cm³/mol. The molecule has 8 nitrogen and oxygen atoms in total. The maximum absolute atomic E-state index is 14.5. The Kier molecular flexibility index (Phi) is 10.0. The van der Waals surface area contributed by atoms with E-state index >= 15 is 0 Å². The Balaban J connectivity index is 1.11. The van der Waals surface area contributed by atoms with Crippen LogP contribution in [-0.4, -0.2) is 73.8 Å². The number of ketones is 1. The number of rotatable bonds is 9. The second-order valence-electron chi connectivity index (χ2n) is 19.7. The number of aromatic carboxylic acids is 1. The van der Waals surface area contributed by atoms with Crippen LogP contribution in [0.3, 0.4) is 0 Å². The number of Topliss-reactive ketones (excluding diaryl/α,β-unsaturated/α-hetero) is 1. The van der Waals surface area contributed by atoms with E-state index in [4.69, 9.17) is 0 Å². The first-order chi connectivity index (χ1) is 25.3. The maximum atomic E-state index is 14.5. The molecule has 4 unspecified atom stereocenters. The summed E-state index contributed by atoms with van der Waals surface area (Å²) in [6.07, 6.45) is 12.0. The fraction of sp³-hybridized carbons (Fsp3) is 0.711. The summed E-state index contributed by atoms with van der Waals surface area (Å²) in [5, 5.41) is 12.5. The van der Waals surface area contributed by atoms with Gasteiger partial charge in [-0.3, -0.25) is 9.59 Å². The normalized spacial score (nSPS) is 39.5. The average molecular weight is 761 g/mol. The first-order valence-electron chi connectivity index (χ1n) is 20.8. The minimum absolute atomic E-state index is 0.0373. The number of sulfone groups is 1. The first-order valence-corrected chi connectivity index (χ1v) is 22.6. The largest absolute Gasteiger partial charge is 0.478 e. The van der Waals surface area contributed by atoms with Gasteiger partial charge in [0.15, 0.2) is 9.84 Å². The van der Waals surface area contributed by atoms with Crippen LogP contribution in [0, 0.1) is 56.7 Å². The molecule has 1 heterocycles. The fourth-order valence-corrected chi connectivity index (χ4v) is 15.5. The van der Waals surface area contributed by atoms with Crippen molar-refractivity contribution in [1.82, 2.24) is 10.2 Å². The third-order valence-electron chi connectivity index (χ3n) is 17.1. The molecule has 54 heavy (non-hydrogen) atoms. The van der Waals surface area contributed by atoms with Gasteiger partial charge in [0, 0.05) is 25.0 Å². The van der Waals surface area contributed by atoms with Gasteiger partial charge >= 0.3 is 5.97 Å². The van der Waals surface area contributed by atoms with Gasteiger partial charge in [-0.2, -0.15) is 0 Å². The zero-order chi connectivity index (χ0) is 39.1. The number of benzene rings is 1. The third-order valence-corrected chi connectivity index (χ3v) is 18.7. The average Bonchev–Trinajstić information content (AvgIpc) is 3.52. The molecule has 1 saturated heterocycles. The summed E-state index contributed by atoms with van der Waals surface area (Å²) in [5.41, 5.74) is 3.46. The highest BCUT2D eigenvalue weighted by atomic mass is 32.2. The van der Waals surface area contributed by atoms with Gasteiger partial charge in [-0.15, -0.1) is 0 Å². The summed E-state index contributed by atoms with van der Waals surface area (Å²) in [5.74, 6) is 0.554. The van der Waals surface area contributed by atoms with Crippen LogP contribution >= 0.6 is 0 Å². The van der Waals surface area contributed by atoms with E-state index in [1.807, 2.05) is 12.1 Å². The molecule has 1 amide bonds. The van der Waals surface area contributed by atoms with Crippen LogP contribution in [0.15, 0.2) is 42.5 Å². The molecule has 2 N–H and O–H groups in total. The number of carbonyl (C=O) groups excluding carboxylic acids is 2. The minimum Gasteiger partial charge on any atom is -0.478 e. The van der Waals surface area contributed by atoms with Crippen molar-refractivity contribution in [2.24, 2.45) is 56.7 Å². The van der Waals surface area contributed by atoms with E-state index in [0.717, 1.165) is 68.9 Å². The lowest BCUT2D eigenvalue weighted by Crippen LogP contribution is -2.66. The summed E-state index contributed by atoms with van der Waals surface area (Å²) in [4.78, 5) is 42.0. The molecule has 1 aromatic rings. The number of amides is 1. The van der Waals surface area contributed by atoms with Gasteiger partial charge < -0.3 is 15.3 Å². The molecule has 5 fully saturated rings. The van der Waals surface area contributed by atoms with Crippen molar-refractivity contribution in [3.8, 4) is 0 Å². The molecule has 0 spiro atoms. The van der Waals surface area contributed by atoms with Crippen molar-refractivity contribution in [2.45, 2.75) is 106 Å². The zero-order valence-corrected chi connectivity index (χ0v) is 34.5. The standard InChI is InChI=1S/C45H64N2O6S/c1-29(2)32-15-20-45(38(48)39(49)46-23-8-24-47-25-27-54(52,53)28-26-47)22-21-43(6)34(37(32)45)13-14-36-42(5)18-16-33(30-9-11-31(12-10-30)40(50)51)41(3,4)35(42)17-19-44(36,43)7/h9-12,16,32,34-37H,1,8,13-15,17-28H2,2-7H3,(H,46,49)(H,50,51)/t32-,34?,35?,36?,37?,42-,43+,44+,45-/m0/s1. The second-order valence-corrected chi connectivity index (χ2v) is 22.0. The third kappa shape index (κ3) is 6.08. The van der Waals surface area contributed by atoms with E-state index in [9.17, 15) is 27.9 Å². The highest BCUT2D eigenvalue weighted by Gasteiger charge is 2.71. The summed E-state index contributed by atoms with van der Waals surface area (Å²) < 4.78 is 23.6.